The Bertz CT molecular complexity index is 896. The van der Waals surface area contributed by atoms with E-state index in [1.807, 2.05) is 29.2 Å². The zero-order chi connectivity index (χ0) is 21.1. The highest BCUT2D eigenvalue weighted by atomic mass is 16.6. The van der Waals surface area contributed by atoms with Crippen molar-refractivity contribution in [2.45, 2.75) is 18.9 Å². The molecule has 2 aromatic rings. The van der Waals surface area contributed by atoms with Gasteiger partial charge in [0.1, 0.15) is 5.69 Å². The number of hydrogen-bond acceptors (Lipinski definition) is 5. The Morgan fingerprint density at radius 3 is 2.33 bits per heavy atom. The number of amides is 1. The monoisotopic (exact) mass is 408 g/mol. The fourth-order valence-electron chi connectivity index (χ4n) is 4.63. The smallest absolute Gasteiger partial charge is 0.292 e. The molecule has 4 rings (SSSR count). The summed E-state index contributed by atoms with van der Waals surface area (Å²) in [6, 6.07) is 17.2. The summed E-state index contributed by atoms with van der Waals surface area (Å²) < 4.78 is 0. The third-order valence-corrected chi connectivity index (χ3v) is 6.31. The molecule has 7 heteroatoms. The maximum Gasteiger partial charge on any atom is 0.292 e. The van der Waals surface area contributed by atoms with Crippen LogP contribution >= 0.6 is 0 Å². The minimum atomic E-state index is -0.332. The van der Waals surface area contributed by atoms with Crippen molar-refractivity contribution in [2.75, 3.05) is 44.7 Å². The van der Waals surface area contributed by atoms with Crippen LogP contribution in [0.2, 0.25) is 0 Å². The first-order valence-corrected chi connectivity index (χ1v) is 10.6. The largest absolute Gasteiger partial charge is 0.366 e. The van der Waals surface area contributed by atoms with Crippen LogP contribution in [-0.4, -0.2) is 60.4 Å². The molecule has 0 aliphatic carbocycles. The molecule has 0 aromatic heterocycles. The SMILES string of the molecule is CN1CCN(C(=O)C2CCN(c3ccccc3[N+](=O)[O-])CC2)C(c2ccccc2)C1. The lowest BCUT2D eigenvalue weighted by Crippen LogP contribution is -2.52. The zero-order valence-electron chi connectivity index (χ0n) is 17.3. The fourth-order valence-corrected chi connectivity index (χ4v) is 4.63. The number of carbonyl (C=O) groups is 1. The first kappa shape index (κ1) is 20.3. The number of carbonyl (C=O) groups excluding carboxylic acids is 1. The van der Waals surface area contributed by atoms with Gasteiger partial charge in [-0.15, -0.1) is 0 Å². The minimum Gasteiger partial charge on any atom is -0.366 e. The number of piperidine rings is 1. The topological polar surface area (TPSA) is 69.9 Å². The first-order valence-electron chi connectivity index (χ1n) is 10.6. The highest BCUT2D eigenvalue weighted by molar-refractivity contribution is 5.80. The summed E-state index contributed by atoms with van der Waals surface area (Å²) in [5.41, 5.74) is 1.95. The van der Waals surface area contributed by atoms with Crippen molar-refractivity contribution in [1.82, 2.24) is 9.80 Å². The van der Waals surface area contributed by atoms with E-state index >= 15 is 0 Å². The molecule has 0 bridgehead atoms. The van der Waals surface area contributed by atoms with E-state index in [0.29, 0.717) is 18.8 Å². The Balaban J connectivity index is 1.45. The lowest BCUT2D eigenvalue weighted by atomic mass is 9.92. The molecule has 1 amide bonds. The molecule has 2 fully saturated rings. The van der Waals surface area contributed by atoms with E-state index in [9.17, 15) is 14.9 Å². The van der Waals surface area contributed by atoms with Crippen LogP contribution in [0.1, 0.15) is 24.4 Å². The second kappa shape index (κ2) is 8.83. The van der Waals surface area contributed by atoms with Gasteiger partial charge in [-0.1, -0.05) is 42.5 Å². The van der Waals surface area contributed by atoms with Crippen LogP contribution in [0, 0.1) is 16.0 Å². The Hall–Kier alpha value is -2.93. The summed E-state index contributed by atoms with van der Waals surface area (Å²) in [6.45, 7) is 3.77. The Morgan fingerprint density at radius 2 is 1.63 bits per heavy atom. The van der Waals surface area contributed by atoms with Crippen molar-refractivity contribution in [3.63, 3.8) is 0 Å². The van der Waals surface area contributed by atoms with Gasteiger partial charge in [0.05, 0.1) is 11.0 Å². The van der Waals surface area contributed by atoms with E-state index in [0.717, 1.165) is 32.5 Å². The molecule has 0 spiro atoms. The van der Waals surface area contributed by atoms with Gasteiger partial charge >= 0.3 is 0 Å². The van der Waals surface area contributed by atoms with Crippen LogP contribution in [0.3, 0.4) is 0 Å². The van der Waals surface area contributed by atoms with Gasteiger partial charge in [0.15, 0.2) is 0 Å². The molecule has 30 heavy (non-hydrogen) atoms. The van der Waals surface area contributed by atoms with Crippen LogP contribution in [0.5, 0.6) is 0 Å². The maximum absolute atomic E-state index is 13.4. The molecule has 0 N–H and O–H groups in total. The number of benzene rings is 2. The van der Waals surface area contributed by atoms with Gasteiger partial charge in [-0.3, -0.25) is 14.9 Å². The Morgan fingerprint density at radius 1 is 0.967 bits per heavy atom. The van der Waals surface area contributed by atoms with Gasteiger partial charge in [0.25, 0.3) is 5.69 Å². The van der Waals surface area contributed by atoms with Gasteiger partial charge in [0.2, 0.25) is 5.91 Å². The lowest BCUT2D eigenvalue weighted by Gasteiger charge is -2.43. The summed E-state index contributed by atoms with van der Waals surface area (Å²) in [6.07, 6.45) is 1.44. The van der Waals surface area contributed by atoms with Crippen molar-refractivity contribution in [1.29, 1.82) is 0 Å². The molecule has 1 atom stereocenters. The van der Waals surface area contributed by atoms with E-state index in [4.69, 9.17) is 0 Å². The highest BCUT2D eigenvalue weighted by Crippen LogP contribution is 2.33. The molecule has 2 saturated heterocycles. The zero-order valence-corrected chi connectivity index (χ0v) is 17.3. The first-order chi connectivity index (χ1) is 14.5. The Labute approximate surface area is 177 Å². The van der Waals surface area contributed by atoms with Gasteiger partial charge in [-0.25, -0.2) is 0 Å². The van der Waals surface area contributed by atoms with Crippen LogP contribution in [-0.2, 0) is 4.79 Å². The molecule has 2 aliphatic rings. The van der Waals surface area contributed by atoms with Gasteiger partial charge < -0.3 is 14.7 Å². The third-order valence-electron chi connectivity index (χ3n) is 6.31. The van der Waals surface area contributed by atoms with Crippen molar-refractivity contribution in [3.8, 4) is 0 Å². The number of nitrogens with zero attached hydrogens (tertiary/aromatic N) is 4. The molecule has 7 nitrogen and oxygen atoms in total. The summed E-state index contributed by atoms with van der Waals surface area (Å²) in [4.78, 5) is 30.8. The summed E-state index contributed by atoms with van der Waals surface area (Å²) in [7, 11) is 2.10. The second-order valence-corrected chi connectivity index (χ2v) is 8.23. The number of para-hydroxylation sites is 2. The molecular formula is C23H28N4O3. The van der Waals surface area contributed by atoms with E-state index in [1.165, 1.54) is 5.56 Å². The number of anilines is 1. The number of nitro benzene ring substituents is 1. The minimum absolute atomic E-state index is 0.0290. The summed E-state index contributed by atoms with van der Waals surface area (Å²) >= 11 is 0. The fraction of sp³-hybridized carbons (Fsp3) is 0.435. The second-order valence-electron chi connectivity index (χ2n) is 8.23. The summed E-state index contributed by atoms with van der Waals surface area (Å²) in [5.74, 6) is 0.192. The predicted octanol–water partition coefficient (Wildman–Crippen LogP) is 3.33. The number of nitro groups is 1. The predicted molar refractivity (Wildman–Crippen MR) is 116 cm³/mol. The number of hydrogen-bond donors (Lipinski definition) is 0. The van der Waals surface area contributed by atoms with Crippen LogP contribution in [0.15, 0.2) is 54.6 Å². The molecule has 0 saturated carbocycles. The van der Waals surface area contributed by atoms with Crippen molar-refractivity contribution < 1.29 is 9.72 Å². The molecule has 0 radical (unpaired) electrons. The van der Waals surface area contributed by atoms with Crippen molar-refractivity contribution in [2.24, 2.45) is 5.92 Å². The third kappa shape index (κ3) is 4.16. The number of rotatable bonds is 4. The number of likely N-dealkylation sites (N-methyl/N-ethyl adjacent to an activating group) is 1. The lowest BCUT2D eigenvalue weighted by molar-refractivity contribution is -0.384. The van der Waals surface area contributed by atoms with Crippen molar-refractivity contribution in [3.05, 3.63) is 70.3 Å². The number of piperazine rings is 1. The molecule has 2 aliphatic heterocycles. The average molecular weight is 409 g/mol. The standard InChI is InChI=1S/C23H28N4O3/c1-24-15-16-26(22(17-24)18-7-3-2-4-8-18)23(28)19-11-13-25(14-12-19)20-9-5-6-10-21(20)27(29)30/h2-10,19,22H,11-17H2,1H3. The van der Waals surface area contributed by atoms with Gasteiger partial charge in [0, 0.05) is 44.7 Å². The Kier molecular flexibility index (Phi) is 5.99. The van der Waals surface area contributed by atoms with E-state index in [1.54, 1.807) is 18.2 Å². The van der Waals surface area contributed by atoms with Crippen molar-refractivity contribution >= 4 is 17.3 Å². The molecule has 2 heterocycles. The van der Waals surface area contributed by atoms with E-state index in [2.05, 4.69) is 29.0 Å². The normalized spacial score (nSPS) is 20.9. The molecule has 1 unspecified atom stereocenters. The highest BCUT2D eigenvalue weighted by Gasteiger charge is 2.36. The van der Waals surface area contributed by atoms with Gasteiger partial charge in [-0.05, 0) is 31.5 Å². The molecule has 2 aromatic carbocycles. The summed E-state index contributed by atoms with van der Waals surface area (Å²) in [5, 5.41) is 11.4. The van der Waals surface area contributed by atoms with Gasteiger partial charge in [-0.2, -0.15) is 0 Å². The maximum atomic E-state index is 13.4. The molecule has 158 valence electrons. The van der Waals surface area contributed by atoms with E-state index in [-0.39, 0.29) is 28.5 Å². The van der Waals surface area contributed by atoms with Crippen LogP contribution < -0.4 is 4.90 Å². The molecular weight excluding hydrogens is 380 g/mol. The van der Waals surface area contributed by atoms with Crippen LogP contribution in [0.25, 0.3) is 0 Å². The van der Waals surface area contributed by atoms with Crippen LogP contribution in [0.4, 0.5) is 11.4 Å². The average Bonchev–Trinajstić information content (AvgIpc) is 2.79. The van der Waals surface area contributed by atoms with E-state index < -0.39 is 0 Å². The quantitative estimate of drug-likeness (QED) is 0.573.